The number of hydrogen-bond acceptors (Lipinski definition) is 3. The second-order valence-electron chi connectivity index (χ2n) is 6.55. The topological polar surface area (TPSA) is 75.4 Å². The van der Waals surface area contributed by atoms with Gasteiger partial charge in [0.25, 0.3) is 5.91 Å². The maximum Gasteiger partial charge on any atom is 0.251 e. The zero-order valence-corrected chi connectivity index (χ0v) is 13.9. The molecule has 2 heterocycles. The second kappa shape index (κ2) is 7.62. The number of nitrogens with one attached hydrogen (secondary N) is 1. The summed E-state index contributed by atoms with van der Waals surface area (Å²) in [4.78, 5) is 26.9. The van der Waals surface area contributed by atoms with Crippen LogP contribution in [0.25, 0.3) is 0 Å². The lowest BCUT2D eigenvalue weighted by molar-refractivity contribution is -0.133. The van der Waals surface area contributed by atoms with E-state index in [1.165, 1.54) is 0 Å². The summed E-state index contributed by atoms with van der Waals surface area (Å²) in [5, 5.41) is 3.00. The highest BCUT2D eigenvalue weighted by Crippen LogP contribution is 2.19. The van der Waals surface area contributed by atoms with Gasteiger partial charge in [-0.3, -0.25) is 9.59 Å². The van der Waals surface area contributed by atoms with E-state index in [2.05, 4.69) is 11.4 Å². The lowest BCUT2D eigenvalue weighted by atomic mass is 10.0. The first-order valence-corrected chi connectivity index (χ1v) is 8.74. The summed E-state index contributed by atoms with van der Waals surface area (Å²) in [6.07, 6.45) is 8.13. The molecule has 0 saturated carbocycles. The van der Waals surface area contributed by atoms with Crippen molar-refractivity contribution < 1.29 is 9.59 Å². The van der Waals surface area contributed by atoms with Gasteiger partial charge in [0.2, 0.25) is 5.91 Å². The van der Waals surface area contributed by atoms with Crippen LogP contribution in [0.15, 0.2) is 36.4 Å². The molecule has 24 heavy (non-hydrogen) atoms. The van der Waals surface area contributed by atoms with Gasteiger partial charge < -0.3 is 16.0 Å². The van der Waals surface area contributed by atoms with Gasteiger partial charge >= 0.3 is 0 Å². The van der Waals surface area contributed by atoms with Crippen LogP contribution >= 0.6 is 0 Å². The minimum absolute atomic E-state index is 0.0117. The Hall–Kier alpha value is -2.14. The first-order chi connectivity index (χ1) is 11.7. The van der Waals surface area contributed by atoms with Crippen LogP contribution in [0.4, 0.5) is 0 Å². The Balaban J connectivity index is 1.83. The lowest BCUT2D eigenvalue weighted by Crippen LogP contribution is -2.49. The average Bonchev–Trinajstić information content (AvgIpc) is 3.06. The molecule has 1 aromatic carbocycles. The lowest BCUT2D eigenvalue weighted by Gasteiger charge is -2.27. The molecule has 0 aromatic heterocycles. The van der Waals surface area contributed by atoms with Crippen molar-refractivity contribution in [2.24, 2.45) is 5.73 Å². The smallest absolute Gasteiger partial charge is 0.251 e. The number of rotatable bonds is 0. The molecule has 3 rings (SSSR count). The zero-order chi connectivity index (χ0) is 16.9. The molecule has 0 spiro atoms. The predicted molar refractivity (Wildman–Crippen MR) is 93.6 cm³/mol. The van der Waals surface area contributed by atoms with Crippen LogP contribution in [0.2, 0.25) is 0 Å². The summed E-state index contributed by atoms with van der Waals surface area (Å²) in [6.45, 7) is 1.22. The van der Waals surface area contributed by atoms with E-state index in [4.69, 9.17) is 5.73 Å². The summed E-state index contributed by atoms with van der Waals surface area (Å²) in [5.74, 6) is -0.0581. The van der Waals surface area contributed by atoms with Crippen LogP contribution in [0.3, 0.4) is 0 Å². The van der Waals surface area contributed by atoms with E-state index in [9.17, 15) is 9.59 Å². The molecule has 128 valence electrons. The molecule has 2 atom stereocenters. The van der Waals surface area contributed by atoms with Crippen molar-refractivity contribution in [3.63, 3.8) is 0 Å². The Labute approximate surface area is 142 Å². The molecular formula is C19H25N3O2. The number of hydrogen-bond donors (Lipinski definition) is 2. The molecule has 1 saturated heterocycles. The number of nitrogens with zero attached hydrogens (tertiary/aromatic N) is 1. The van der Waals surface area contributed by atoms with Crippen LogP contribution in [-0.2, 0) is 11.2 Å². The Kier molecular flexibility index (Phi) is 5.30. The van der Waals surface area contributed by atoms with Gasteiger partial charge in [0.1, 0.15) is 0 Å². The number of carbonyl (C=O) groups excluding carboxylic acids is 2. The van der Waals surface area contributed by atoms with E-state index in [0.29, 0.717) is 24.9 Å². The molecule has 1 fully saturated rings. The summed E-state index contributed by atoms with van der Waals surface area (Å²) in [5.41, 5.74) is 7.81. The van der Waals surface area contributed by atoms with E-state index < -0.39 is 6.04 Å². The number of allylic oxidation sites excluding steroid dienone is 2. The van der Waals surface area contributed by atoms with Crippen LogP contribution in [0, 0.1) is 0 Å². The summed E-state index contributed by atoms with van der Waals surface area (Å²) >= 11 is 0. The number of nitrogens with two attached hydrogens (primary N) is 1. The van der Waals surface area contributed by atoms with E-state index in [1.807, 2.05) is 35.2 Å². The van der Waals surface area contributed by atoms with Gasteiger partial charge in [-0.05, 0) is 43.7 Å². The third kappa shape index (κ3) is 3.67. The largest absolute Gasteiger partial charge is 0.350 e. The highest BCUT2D eigenvalue weighted by Gasteiger charge is 2.31. The van der Waals surface area contributed by atoms with Crippen molar-refractivity contribution in [3.05, 3.63) is 47.5 Å². The van der Waals surface area contributed by atoms with Crippen molar-refractivity contribution in [2.75, 3.05) is 13.1 Å². The zero-order valence-electron chi connectivity index (χ0n) is 13.9. The highest BCUT2D eigenvalue weighted by molar-refractivity contribution is 5.95. The Morgan fingerprint density at radius 1 is 1.12 bits per heavy atom. The molecule has 0 bridgehead atoms. The van der Waals surface area contributed by atoms with Crippen molar-refractivity contribution in [2.45, 2.75) is 44.2 Å². The molecule has 5 heteroatoms. The molecule has 2 unspecified atom stereocenters. The quantitative estimate of drug-likeness (QED) is 0.711. The maximum absolute atomic E-state index is 12.5. The van der Waals surface area contributed by atoms with Crippen molar-refractivity contribution in [3.8, 4) is 0 Å². The van der Waals surface area contributed by atoms with E-state index in [1.54, 1.807) is 0 Å². The fourth-order valence-electron chi connectivity index (χ4n) is 3.50. The number of amides is 2. The van der Waals surface area contributed by atoms with E-state index in [-0.39, 0.29) is 17.9 Å². The fourth-order valence-corrected chi connectivity index (χ4v) is 3.50. The minimum atomic E-state index is -0.457. The molecule has 0 aliphatic carbocycles. The molecule has 5 nitrogen and oxygen atoms in total. The molecule has 2 aliphatic heterocycles. The van der Waals surface area contributed by atoms with Gasteiger partial charge in [-0.1, -0.05) is 30.4 Å². The van der Waals surface area contributed by atoms with Crippen LogP contribution < -0.4 is 11.1 Å². The first kappa shape index (κ1) is 16.7. The SMILES string of the molecule is NC1CC/C=C\Cc2ccccc2C(=O)NCC2CCCN2C1=O. The third-order valence-corrected chi connectivity index (χ3v) is 4.89. The van der Waals surface area contributed by atoms with Gasteiger partial charge in [-0.2, -0.15) is 0 Å². The van der Waals surface area contributed by atoms with Crippen molar-refractivity contribution in [1.82, 2.24) is 10.2 Å². The summed E-state index contributed by atoms with van der Waals surface area (Å²) < 4.78 is 0. The predicted octanol–water partition coefficient (Wildman–Crippen LogP) is 1.63. The normalized spacial score (nSPS) is 27.0. The molecule has 2 amide bonds. The number of fused-ring (bicyclic) bond motifs is 2. The standard InChI is InChI=1S/C19H25N3O2/c20-17-11-3-1-2-7-14-8-4-5-10-16(14)18(23)21-13-15-9-6-12-22(15)19(17)24/h1-2,4-5,8,10,15,17H,3,6-7,9,11-13,20H2,(H,21,23)/b2-1-. The Morgan fingerprint density at radius 2 is 1.96 bits per heavy atom. The van der Waals surface area contributed by atoms with Gasteiger partial charge in [0.05, 0.1) is 6.04 Å². The highest BCUT2D eigenvalue weighted by atomic mass is 16.2. The van der Waals surface area contributed by atoms with Crippen molar-refractivity contribution in [1.29, 1.82) is 0 Å². The van der Waals surface area contributed by atoms with E-state index >= 15 is 0 Å². The van der Waals surface area contributed by atoms with Crippen LogP contribution in [0.1, 0.15) is 41.6 Å². The van der Waals surface area contributed by atoms with Crippen LogP contribution in [-0.4, -0.2) is 41.9 Å². The molecule has 0 radical (unpaired) electrons. The maximum atomic E-state index is 12.5. The number of benzene rings is 1. The molecule has 3 N–H and O–H groups in total. The fraction of sp³-hybridized carbons (Fsp3) is 0.474. The van der Waals surface area contributed by atoms with E-state index in [0.717, 1.165) is 31.4 Å². The average molecular weight is 327 g/mol. The Bertz CT molecular complexity index is 641. The summed E-state index contributed by atoms with van der Waals surface area (Å²) in [6, 6.07) is 7.28. The molecule has 1 aromatic rings. The minimum Gasteiger partial charge on any atom is -0.350 e. The molecule has 2 aliphatic rings. The summed E-state index contributed by atoms with van der Waals surface area (Å²) in [7, 11) is 0. The van der Waals surface area contributed by atoms with Gasteiger partial charge in [0, 0.05) is 24.7 Å². The van der Waals surface area contributed by atoms with Gasteiger partial charge in [-0.15, -0.1) is 0 Å². The van der Waals surface area contributed by atoms with Gasteiger partial charge in [-0.25, -0.2) is 0 Å². The Morgan fingerprint density at radius 3 is 2.83 bits per heavy atom. The third-order valence-electron chi connectivity index (χ3n) is 4.89. The number of carbonyl (C=O) groups is 2. The van der Waals surface area contributed by atoms with Crippen LogP contribution in [0.5, 0.6) is 0 Å². The first-order valence-electron chi connectivity index (χ1n) is 8.74. The second-order valence-corrected chi connectivity index (χ2v) is 6.55. The van der Waals surface area contributed by atoms with Crippen molar-refractivity contribution >= 4 is 11.8 Å². The monoisotopic (exact) mass is 327 g/mol. The van der Waals surface area contributed by atoms with Gasteiger partial charge in [0.15, 0.2) is 0 Å². The molecular weight excluding hydrogens is 302 g/mol.